The summed E-state index contributed by atoms with van der Waals surface area (Å²) in [6, 6.07) is 3.47. The van der Waals surface area contributed by atoms with Crippen molar-refractivity contribution in [3.63, 3.8) is 0 Å². The maximum absolute atomic E-state index is 12.1. The lowest BCUT2D eigenvalue weighted by molar-refractivity contribution is -0.158. The van der Waals surface area contributed by atoms with Crippen LogP contribution in [0.2, 0.25) is 0 Å². The summed E-state index contributed by atoms with van der Waals surface area (Å²) in [6.45, 7) is 5.50. The van der Waals surface area contributed by atoms with Crippen LogP contribution in [0.3, 0.4) is 0 Å². The van der Waals surface area contributed by atoms with Gasteiger partial charge in [0, 0.05) is 5.92 Å². The van der Waals surface area contributed by atoms with Crippen molar-refractivity contribution in [3.05, 3.63) is 24.2 Å². The van der Waals surface area contributed by atoms with E-state index in [1.165, 1.54) is 6.26 Å². The van der Waals surface area contributed by atoms with Crippen LogP contribution in [0.15, 0.2) is 22.8 Å². The maximum atomic E-state index is 12.1. The fraction of sp³-hybridized carbons (Fsp3) is 0.571. The van der Waals surface area contributed by atoms with Crippen LogP contribution in [0.25, 0.3) is 0 Å². The second kappa shape index (κ2) is 6.41. The molecule has 5 nitrogen and oxygen atoms in total. The Morgan fingerprint density at radius 2 is 2.21 bits per heavy atom. The molecular weight excluding hydrogens is 246 g/mol. The van der Waals surface area contributed by atoms with Gasteiger partial charge in [-0.3, -0.25) is 9.59 Å². The van der Waals surface area contributed by atoms with Crippen LogP contribution in [0.4, 0.5) is 0 Å². The Morgan fingerprint density at radius 3 is 2.68 bits per heavy atom. The van der Waals surface area contributed by atoms with Crippen molar-refractivity contribution < 1.29 is 18.7 Å². The third-order valence-corrected chi connectivity index (χ3v) is 3.44. The molecule has 2 N–H and O–H groups in total. The zero-order chi connectivity index (χ0) is 14.5. The maximum Gasteiger partial charge on any atom is 0.312 e. The predicted molar refractivity (Wildman–Crippen MR) is 69.9 cm³/mol. The van der Waals surface area contributed by atoms with Crippen LogP contribution in [0, 0.1) is 11.3 Å². The van der Waals surface area contributed by atoms with Gasteiger partial charge in [-0.15, -0.1) is 0 Å². The first-order valence-electron chi connectivity index (χ1n) is 6.38. The molecule has 0 bridgehead atoms. The molecule has 19 heavy (non-hydrogen) atoms. The Labute approximate surface area is 113 Å². The van der Waals surface area contributed by atoms with Crippen molar-refractivity contribution in [2.24, 2.45) is 17.1 Å². The molecule has 0 spiro atoms. The predicted octanol–water partition coefficient (Wildman–Crippen LogP) is 2.25. The molecule has 1 heterocycles. The van der Waals surface area contributed by atoms with Gasteiger partial charge in [-0.1, -0.05) is 13.8 Å². The Kier molecular flexibility index (Phi) is 5.15. The summed E-state index contributed by atoms with van der Waals surface area (Å²) >= 11 is 0. The van der Waals surface area contributed by atoms with E-state index in [1.807, 2.05) is 6.92 Å². The van der Waals surface area contributed by atoms with Crippen LogP contribution in [0.5, 0.6) is 0 Å². The zero-order valence-electron chi connectivity index (χ0n) is 11.6. The van der Waals surface area contributed by atoms with E-state index in [0.717, 1.165) is 0 Å². The number of nitrogens with two attached hydrogens (primary N) is 1. The first-order valence-corrected chi connectivity index (χ1v) is 6.38. The molecule has 0 saturated carbocycles. The molecule has 0 aliphatic carbocycles. The molecule has 5 heteroatoms. The van der Waals surface area contributed by atoms with E-state index in [1.54, 1.807) is 26.0 Å². The topological polar surface area (TPSA) is 82.5 Å². The molecule has 0 aromatic carbocycles. The van der Waals surface area contributed by atoms with Crippen LogP contribution < -0.4 is 5.73 Å². The highest BCUT2D eigenvalue weighted by molar-refractivity contribution is 5.80. The minimum Gasteiger partial charge on any atom is -0.466 e. The Bertz CT molecular complexity index is 427. The fourth-order valence-corrected chi connectivity index (χ4v) is 1.85. The monoisotopic (exact) mass is 267 g/mol. The lowest BCUT2D eigenvalue weighted by Crippen LogP contribution is -2.34. The van der Waals surface area contributed by atoms with Crippen molar-refractivity contribution in [2.75, 3.05) is 0 Å². The zero-order valence-corrected chi connectivity index (χ0v) is 11.6. The summed E-state index contributed by atoms with van der Waals surface area (Å²) in [7, 11) is 0. The van der Waals surface area contributed by atoms with Gasteiger partial charge in [0.15, 0.2) is 0 Å². The van der Waals surface area contributed by atoms with E-state index in [-0.39, 0.29) is 18.5 Å². The van der Waals surface area contributed by atoms with E-state index in [0.29, 0.717) is 18.6 Å². The van der Waals surface area contributed by atoms with Gasteiger partial charge in [-0.05, 0) is 31.9 Å². The van der Waals surface area contributed by atoms with E-state index in [2.05, 4.69) is 0 Å². The number of ether oxygens (including phenoxy) is 1. The lowest BCUT2D eigenvalue weighted by Gasteiger charge is -2.27. The highest BCUT2D eigenvalue weighted by atomic mass is 16.5. The number of carbonyl (C=O) groups is 2. The summed E-state index contributed by atoms with van der Waals surface area (Å²) in [5.41, 5.74) is 4.54. The van der Waals surface area contributed by atoms with E-state index in [9.17, 15) is 9.59 Å². The van der Waals surface area contributed by atoms with Gasteiger partial charge < -0.3 is 14.9 Å². The number of hydrogen-bond acceptors (Lipinski definition) is 4. The summed E-state index contributed by atoms with van der Waals surface area (Å²) in [4.78, 5) is 23.2. The minimum absolute atomic E-state index is 0.104. The van der Waals surface area contributed by atoms with Crippen LogP contribution >= 0.6 is 0 Å². The van der Waals surface area contributed by atoms with Crippen LogP contribution in [0.1, 0.15) is 39.4 Å². The lowest BCUT2D eigenvalue weighted by atomic mass is 9.79. The van der Waals surface area contributed by atoms with E-state index >= 15 is 0 Å². The number of amides is 1. The molecule has 1 aromatic rings. The van der Waals surface area contributed by atoms with Crippen molar-refractivity contribution >= 4 is 11.9 Å². The fourth-order valence-electron chi connectivity index (χ4n) is 1.85. The second-order valence-corrected chi connectivity index (χ2v) is 5.08. The minimum atomic E-state index is -0.707. The molecule has 2 atom stereocenters. The first-order chi connectivity index (χ1) is 8.89. The van der Waals surface area contributed by atoms with Gasteiger partial charge in [0.05, 0.1) is 11.7 Å². The highest BCUT2D eigenvalue weighted by Crippen LogP contribution is 2.31. The summed E-state index contributed by atoms with van der Waals surface area (Å²) < 4.78 is 10.3. The second-order valence-electron chi connectivity index (χ2n) is 5.08. The summed E-state index contributed by atoms with van der Waals surface area (Å²) in [5, 5.41) is 0. The summed E-state index contributed by atoms with van der Waals surface area (Å²) in [5.74, 6) is -0.506. The molecular formula is C14H21NO4. The molecule has 0 fully saturated rings. The van der Waals surface area contributed by atoms with Crippen molar-refractivity contribution in [1.82, 2.24) is 0 Å². The van der Waals surface area contributed by atoms with E-state index < -0.39 is 11.3 Å². The average molecular weight is 267 g/mol. The van der Waals surface area contributed by atoms with Gasteiger partial charge in [0.1, 0.15) is 12.4 Å². The van der Waals surface area contributed by atoms with Gasteiger partial charge >= 0.3 is 5.97 Å². The SMILES string of the molecule is CCC(C)(CC(C)C(N)=O)C(=O)OCc1ccco1. The number of rotatable bonds is 7. The number of primary amides is 1. The van der Waals surface area contributed by atoms with Crippen molar-refractivity contribution in [3.8, 4) is 0 Å². The molecule has 106 valence electrons. The first kappa shape index (κ1) is 15.3. The van der Waals surface area contributed by atoms with Crippen LogP contribution in [-0.4, -0.2) is 11.9 Å². The Morgan fingerprint density at radius 1 is 1.53 bits per heavy atom. The third kappa shape index (κ3) is 4.12. The molecule has 1 amide bonds. The molecule has 0 radical (unpaired) electrons. The third-order valence-electron chi connectivity index (χ3n) is 3.44. The molecule has 1 aromatic heterocycles. The van der Waals surface area contributed by atoms with Gasteiger partial charge in [-0.25, -0.2) is 0 Å². The largest absolute Gasteiger partial charge is 0.466 e. The normalized spacial score (nSPS) is 15.5. The van der Waals surface area contributed by atoms with Gasteiger partial charge in [0.2, 0.25) is 5.91 Å². The average Bonchev–Trinajstić information content (AvgIpc) is 2.88. The quantitative estimate of drug-likeness (QED) is 0.768. The van der Waals surface area contributed by atoms with Crippen molar-refractivity contribution in [1.29, 1.82) is 0 Å². The number of hydrogen-bond donors (Lipinski definition) is 1. The smallest absolute Gasteiger partial charge is 0.312 e. The molecule has 0 aliphatic heterocycles. The number of esters is 1. The van der Waals surface area contributed by atoms with Crippen molar-refractivity contribution in [2.45, 2.75) is 40.2 Å². The van der Waals surface area contributed by atoms with Gasteiger partial charge in [0.25, 0.3) is 0 Å². The summed E-state index contributed by atoms with van der Waals surface area (Å²) in [6.07, 6.45) is 2.49. The standard InChI is InChI=1S/C14H21NO4/c1-4-14(3,8-10(2)12(15)16)13(17)19-9-11-6-5-7-18-11/h5-7,10H,4,8-9H2,1-3H3,(H2,15,16). The Balaban J connectivity index is 2.61. The van der Waals surface area contributed by atoms with Gasteiger partial charge in [-0.2, -0.15) is 0 Å². The number of furan rings is 1. The number of carbonyl (C=O) groups excluding carboxylic acids is 2. The Hall–Kier alpha value is -1.78. The molecule has 0 aliphatic rings. The molecule has 1 rings (SSSR count). The van der Waals surface area contributed by atoms with Crippen LogP contribution in [-0.2, 0) is 20.9 Å². The molecule has 2 unspecified atom stereocenters. The highest BCUT2D eigenvalue weighted by Gasteiger charge is 2.36. The van der Waals surface area contributed by atoms with E-state index in [4.69, 9.17) is 14.9 Å². The molecule has 0 saturated heterocycles.